The zero-order valence-electron chi connectivity index (χ0n) is 24.1. The van der Waals surface area contributed by atoms with Crippen molar-refractivity contribution in [3.05, 3.63) is 0 Å². The molecule has 2 bridgehead atoms. The van der Waals surface area contributed by atoms with Gasteiger partial charge in [0, 0.05) is 32.8 Å². The van der Waals surface area contributed by atoms with Gasteiger partial charge in [-0.25, -0.2) is 4.79 Å². The van der Waals surface area contributed by atoms with Crippen LogP contribution < -0.4 is 0 Å². The summed E-state index contributed by atoms with van der Waals surface area (Å²) in [5.41, 5.74) is -3.64. The number of carbonyl (C=O) groups excluding carboxylic acids is 3. The van der Waals surface area contributed by atoms with Gasteiger partial charge in [0.1, 0.15) is 11.7 Å². The number of hydrogen-bond donors (Lipinski definition) is 1. The molecular weight excluding hydrogens is 535 g/mol. The number of alkyl halides is 3. The van der Waals surface area contributed by atoms with Crippen LogP contribution in [0, 0.1) is 5.41 Å². The maximum atomic E-state index is 14.2. The monoisotopic (exact) mass is 577 g/mol. The van der Waals surface area contributed by atoms with Gasteiger partial charge in [-0.15, -0.1) is 0 Å². The summed E-state index contributed by atoms with van der Waals surface area (Å²) in [6.45, 7) is 9.10. The van der Waals surface area contributed by atoms with Crippen molar-refractivity contribution >= 4 is 17.9 Å². The van der Waals surface area contributed by atoms with Crippen LogP contribution in [-0.2, 0) is 23.8 Å². The second-order valence-corrected chi connectivity index (χ2v) is 13.1. The molecule has 4 rings (SSSR count). The first-order valence-electron chi connectivity index (χ1n) is 13.9. The van der Waals surface area contributed by atoms with Crippen LogP contribution in [0.5, 0.6) is 0 Å². The van der Waals surface area contributed by atoms with Gasteiger partial charge in [-0.05, 0) is 66.7 Å². The molecule has 1 saturated carbocycles. The normalized spacial score (nSPS) is 32.9. The van der Waals surface area contributed by atoms with E-state index in [9.17, 15) is 32.7 Å². The van der Waals surface area contributed by atoms with E-state index in [2.05, 4.69) is 0 Å². The van der Waals surface area contributed by atoms with Crippen molar-refractivity contribution in [3.8, 4) is 0 Å². The molecule has 3 amide bonds. The molecule has 228 valence electrons. The number of likely N-dealkylation sites (tertiary alicyclic amines) is 2. The average molecular weight is 578 g/mol. The Morgan fingerprint density at radius 2 is 1.65 bits per heavy atom. The fourth-order valence-electron chi connectivity index (χ4n) is 6.98. The molecule has 1 aliphatic carbocycles. The van der Waals surface area contributed by atoms with Crippen molar-refractivity contribution in [2.45, 2.75) is 114 Å². The number of carbonyl (C=O) groups is 3. The fourth-order valence-corrected chi connectivity index (χ4v) is 6.98. The summed E-state index contributed by atoms with van der Waals surface area (Å²) in [5.74, 6) is -2.33. The number of piperazine rings is 1. The Morgan fingerprint density at radius 3 is 2.17 bits per heavy atom. The zero-order valence-corrected chi connectivity index (χ0v) is 24.1. The molecule has 1 N–H and O–H groups in total. The average Bonchev–Trinajstić information content (AvgIpc) is 3.57. The Bertz CT molecular complexity index is 995. The molecule has 4 fully saturated rings. The predicted octanol–water partition coefficient (Wildman–Crippen LogP) is 2.71. The SMILES string of the molecule is CO[C@@H]1COCC[C@@H]1N(C(=O)C(F)(F)F)[C@@H]1CC[C@@](C(=O)N2C[C@H]3C[C@@H]2CN3C(=O)OC(C)(C)C)(C(C)(C)O)C1. The zero-order chi connectivity index (χ0) is 29.8. The molecule has 10 nitrogen and oxygen atoms in total. The van der Waals surface area contributed by atoms with Gasteiger partial charge in [-0.1, -0.05) is 0 Å². The molecule has 3 aliphatic heterocycles. The molecule has 6 atom stereocenters. The molecule has 0 unspecified atom stereocenters. The van der Waals surface area contributed by atoms with Gasteiger partial charge < -0.3 is 34.0 Å². The van der Waals surface area contributed by atoms with Gasteiger partial charge in [0.05, 0.1) is 35.7 Å². The van der Waals surface area contributed by atoms with Crippen molar-refractivity contribution in [1.29, 1.82) is 0 Å². The number of methoxy groups -OCH3 is 1. The van der Waals surface area contributed by atoms with E-state index < -0.39 is 53.0 Å². The minimum Gasteiger partial charge on any atom is -0.444 e. The third kappa shape index (κ3) is 5.65. The fraction of sp³-hybridized carbons (Fsp3) is 0.889. The minimum atomic E-state index is -5.11. The Morgan fingerprint density at radius 1 is 1.02 bits per heavy atom. The van der Waals surface area contributed by atoms with Gasteiger partial charge in [-0.3, -0.25) is 9.59 Å². The Labute approximate surface area is 233 Å². The topological polar surface area (TPSA) is 109 Å². The lowest BCUT2D eigenvalue weighted by atomic mass is 9.70. The number of amides is 3. The van der Waals surface area contributed by atoms with E-state index in [1.807, 2.05) is 0 Å². The number of rotatable bonds is 5. The van der Waals surface area contributed by atoms with Gasteiger partial charge in [0.2, 0.25) is 5.91 Å². The first-order valence-corrected chi connectivity index (χ1v) is 13.9. The maximum absolute atomic E-state index is 14.2. The lowest BCUT2D eigenvalue weighted by Crippen LogP contribution is -2.61. The summed E-state index contributed by atoms with van der Waals surface area (Å²) >= 11 is 0. The lowest BCUT2D eigenvalue weighted by molar-refractivity contribution is -0.198. The molecule has 13 heteroatoms. The molecule has 0 spiro atoms. The smallest absolute Gasteiger partial charge is 0.444 e. The van der Waals surface area contributed by atoms with Crippen LogP contribution in [0.2, 0.25) is 0 Å². The van der Waals surface area contributed by atoms with E-state index in [1.54, 1.807) is 30.6 Å². The van der Waals surface area contributed by atoms with Crippen molar-refractivity contribution in [3.63, 3.8) is 0 Å². The van der Waals surface area contributed by atoms with Gasteiger partial charge in [0.25, 0.3) is 0 Å². The number of nitrogens with zero attached hydrogens (tertiary/aromatic N) is 3. The van der Waals surface area contributed by atoms with E-state index in [1.165, 1.54) is 21.0 Å². The van der Waals surface area contributed by atoms with Crippen LogP contribution in [0.3, 0.4) is 0 Å². The molecule has 0 radical (unpaired) electrons. The highest BCUT2D eigenvalue weighted by atomic mass is 19.4. The molecule has 4 aliphatic rings. The first kappa shape index (κ1) is 30.8. The van der Waals surface area contributed by atoms with E-state index in [0.29, 0.717) is 6.42 Å². The van der Waals surface area contributed by atoms with E-state index >= 15 is 0 Å². The predicted molar refractivity (Wildman–Crippen MR) is 136 cm³/mol. The molecule has 3 saturated heterocycles. The third-order valence-electron chi connectivity index (χ3n) is 9.00. The highest BCUT2D eigenvalue weighted by Gasteiger charge is 2.62. The Balaban J connectivity index is 1.57. The second-order valence-electron chi connectivity index (χ2n) is 13.1. The summed E-state index contributed by atoms with van der Waals surface area (Å²) < 4.78 is 57.8. The van der Waals surface area contributed by atoms with Crippen LogP contribution in [0.25, 0.3) is 0 Å². The number of fused-ring (bicyclic) bond motifs is 2. The molecule has 0 aromatic rings. The summed E-state index contributed by atoms with van der Waals surface area (Å²) in [6, 6.07) is -2.34. The maximum Gasteiger partial charge on any atom is 0.471 e. The van der Waals surface area contributed by atoms with E-state index in [-0.39, 0.29) is 70.0 Å². The third-order valence-corrected chi connectivity index (χ3v) is 9.00. The minimum absolute atomic E-state index is 0.0517. The van der Waals surface area contributed by atoms with Crippen molar-refractivity contribution in [2.75, 3.05) is 33.4 Å². The van der Waals surface area contributed by atoms with E-state index in [0.717, 1.165) is 4.90 Å². The largest absolute Gasteiger partial charge is 0.471 e. The summed E-state index contributed by atoms with van der Waals surface area (Å²) in [6.07, 6.45) is -5.46. The van der Waals surface area contributed by atoms with Crippen LogP contribution in [0.15, 0.2) is 0 Å². The summed E-state index contributed by atoms with van der Waals surface area (Å²) in [4.78, 5) is 43.8. The Hall–Kier alpha value is -2.12. The molecule has 0 aromatic carbocycles. The quantitative estimate of drug-likeness (QED) is 0.535. The standard InChI is InChI=1S/C27H42F3N3O7/c1-24(2,3)40-23(36)32-14-17-11-18(32)13-31(17)21(34)26(25(4,5)37)9-7-16(12-26)33(22(35)27(28,29)30)19-8-10-39-15-20(19)38-6/h16-20,37H,7-15H2,1-6H3/t16-,17-,18-,19+,20-,26-/m1/s1. The number of halogens is 3. The molecule has 40 heavy (non-hydrogen) atoms. The van der Waals surface area contributed by atoms with Crippen molar-refractivity contribution in [2.24, 2.45) is 5.41 Å². The molecule has 0 aromatic heterocycles. The van der Waals surface area contributed by atoms with E-state index in [4.69, 9.17) is 14.2 Å². The molecular formula is C27H42F3N3O7. The summed E-state index contributed by atoms with van der Waals surface area (Å²) in [7, 11) is 1.37. The van der Waals surface area contributed by atoms with Gasteiger partial charge in [-0.2, -0.15) is 13.2 Å². The van der Waals surface area contributed by atoms with Gasteiger partial charge >= 0.3 is 18.2 Å². The van der Waals surface area contributed by atoms with Crippen LogP contribution in [0.4, 0.5) is 18.0 Å². The molecule has 3 heterocycles. The highest BCUT2D eigenvalue weighted by Crippen LogP contribution is 2.52. The van der Waals surface area contributed by atoms with Crippen LogP contribution in [0.1, 0.15) is 66.7 Å². The lowest BCUT2D eigenvalue weighted by Gasteiger charge is -2.46. The van der Waals surface area contributed by atoms with Crippen LogP contribution >= 0.6 is 0 Å². The second kappa shape index (κ2) is 10.6. The number of hydrogen-bond acceptors (Lipinski definition) is 7. The van der Waals surface area contributed by atoms with Gasteiger partial charge in [0.15, 0.2) is 0 Å². The van der Waals surface area contributed by atoms with Crippen LogP contribution in [-0.4, -0.2) is 119 Å². The van der Waals surface area contributed by atoms with Crippen molar-refractivity contribution in [1.82, 2.24) is 14.7 Å². The highest BCUT2D eigenvalue weighted by molar-refractivity contribution is 5.87. The number of ether oxygens (including phenoxy) is 3. The van der Waals surface area contributed by atoms with Crippen molar-refractivity contribution < 1.29 is 46.9 Å². The summed E-state index contributed by atoms with van der Waals surface area (Å²) in [5, 5.41) is 11.3. The Kier molecular flexibility index (Phi) is 8.18. The first-order chi connectivity index (χ1) is 18.4. The number of aliphatic hydroxyl groups is 1.